The van der Waals surface area contributed by atoms with Crippen molar-refractivity contribution in [3.8, 4) is 0 Å². The van der Waals surface area contributed by atoms with Gasteiger partial charge in [0.1, 0.15) is 0 Å². The molecule has 2 aromatic rings. The van der Waals surface area contributed by atoms with E-state index in [1.54, 1.807) is 55.6 Å². The zero-order valence-electron chi connectivity index (χ0n) is 16.1. The summed E-state index contributed by atoms with van der Waals surface area (Å²) in [5, 5.41) is 5.47. The number of carbonyl (C=O) groups excluding carboxylic acids is 4. The van der Waals surface area contributed by atoms with E-state index in [1.807, 2.05) is 0 Å². The van der Waals surface area contributed by atoms with Gasteiger partial charge in [-0.2, -0.15) is 0 Å². The molecule has 4 amide bonds. The fourth-order valence-corrected chi connectivity index (χ4v) is 4.00. The van der Waals surface area contributed by atoms with Crippen LogP contribution in [0.15, 0.2) is 48.5 Å². The van der Waals surface area contributed by atoms with Crippen molar-refractivity contribution in [3.63, 3.8) is 0 Å². The first-order valence-corrected chi connectivity index (χ1v) is 9.24. The molecule has 0 spiro atoms. The first-order valence-electron chi connectivity index (χ1n) is 9.24. The van der Waals surface area contributed by atoms with Gasteiger partial charge in [0.15, 0.2) is 0 Å². The first-order chi connectivity index (χ1) is 13.8. The third-order valence-electron chi connectivity index (χ3n) is 5.37. The maximum absolute atomic E-state index is 13.4. The molecule has 0 radical (unpaired) electrons. The quantitative estimate of drug-likeness (QED) is 0.836. The van der Waals surface area contributed by atoms with Crippen molar-refractivity contribution in [2.45, 2.75) is 25.4 Å². The molecule has 2 aliphatic rings. The van der Waals surface area contributed by atoms with E-state index in [0.717, 1.165) is 0 Å². The predicted octanol–water partition coefficient (Wildman–Crippen LogP) is 2.19. The standard InChI is InChI=1S/C21H20N4O4/c1-13(26)22-14-7-9-15(10-8-14)23-20(29)21-12-11-18(27)25(21)17-6-4-3-5-16(17)19(28)24(21)2/h3-10H,11-12H2,1-2H3,(H,22,26)(H,23,29). The summed E-state index contributed by atoms with van der Waals surface area (Å²) in [6, 6.07) is 13.4. The second-order valence-corrected chi connectivity index (χ2v) is 7.14. The average Bonchev–Trinajstić information content (AvgIpc) is 3.06. The molecule has 4 rings (SSSR count). The van der Waals surface area contributed by atoms with Gasteiger partial charge in [-0.05, 0) is 36.4 Å². The van der Waals surface area contributed by atoms with Crippen LogP contribution in [0.3, 0.4) is 0 Å². The van der Waals surface area contributed by atoms with Gasteiger partial charge >= 0.3 is 0 Å². The summed E-state index contributed by atoms with van der Waals surface area (Å²) in [6.45, 7) is 1.41. The Bertz CT molecular complexity index is 1030. The molecule has 29 heavy (non-hydrogen) atoms. The molecule has 1 atom stereocenters. The highest BCUT2D eigenvalue weighted by Gasteiger charge is 2.59. The molecule has 0 bridgehead atoms. The molecule has 148 valence electrons. The highest BCUT2D eigenvalue weighted by atomic mass is 16.2. The Morgan fingerprint density at radius 3 is 2.24 bits per heavy atom. The first kappa shape index (κ1) is 18.7. The molecule has 1 fully saturated rings. The summed E-state index contributed by atoms with van der Waals surface area (Å²) in [6.07, 6.45) is 0.374. The van der Waals surface area contributed by atoms with Crippen LogP contribution in [0.5, 0.6) is 0 Å². The fourth-order valence-electron chi connectivity index (χ4n) is 4.00. The van der Waals surface area contributed by atoms with Crippen molar-refractivity contribution in [1.29, 1.82) is 0 Å². The summed E-state index contributed by atoms with van der Waals surface area (Å²) in [5.41, 5.74) is 0.532. The Kier molecular flexibility index (Phi) is 4.34. The second-order valence-electron chi connectivity index (χ2n) is 7.14. The van der Waals surface area contributed by atoms with Crippen LogP contribution in [-0.4, -0.2) is 41.2 Å². The highest BCUT2D eigenvalue weighted by molar-refractivity contribution is 6.18. The van der Waals surface area contributed by atoms with E-state index in [1.165, 1.54) is 16.7 Å². The number of nitrogens with zero attached hydrogens (tertiary/aromatic N) is 2. The van der Waals surface area contributed by atoms with Gasteiger partial charge in [-0.1, -0.05) is 12.1 Å². The van der Waals surface area contributed by atoms with Crippen LogP contribution in [0.4, 0.5) is 17.1 Å². The van der Waals surface area contributed by atoms with Gasteiger partial charge in [0, 0.05) is 38.2 Å². The van der Waals surface area contributed by atoms with Crippen molar-refractivity contribution in [1.82, 2.24) is 4.90 Å². The molecule has 0 aromatic heterocycles. The number of nitrogens with one attached hydrogen (secondary N) is 2. The second kappa shape index (κ2) is 6.73. The lowest BCUT2D eigenvalue weighted by Gasteiger charge is -2.47. The van der Waals surface area contributed by atoms with Crippen LogP contribution in [-0.2, 0) is 14.4 Å². The Hall–Kier alpha value is -3.68. The number of anilines is 3. The maximum Gasteiger partial charge on any atom is 0.271 e. The SMILES string of the molecule is CC(=O)Nc1ccc(NC(=O)C23CCC(=O)N2c2ccccc2C(=O)N3C)cc1. The molecule has 8 nitrogen and oxygen atoms in total. The topological polar surface area (TPSA) is 98.8 Å². The number of rotatable bonds is 3. The van der Waals surface area contributed by atoms with Crippen molar-refractivity contribution in [3.05, 3.63) is 54.1 Å². The Morgan fingerprint density at radius 2 is 1.59 bits per heavy atom. The van der Waals surface area contributed by atoms with Crippen LogP contribution in [0.1, 0.15) is 30.1 Å². The molecule has 2 aliphatic heterocycles. The molecule has 2 N–H and O–H groups in total. The largest absolute Gasteiger partial charge is 0.326 e. The summed E-state index contributed by atoms with van der Waals surface area (Å²) in [7, 11) is 1.54. The van der Waals surface area contributed by atoms with E-state index in [4.69, 9.17) is 0 Å². The van der Waals surface area contributed by atoms with Gasteiger partial charge in [0.05, 0.1) is 11.3 Å². The fraction of sp³-hybridized carbons (Fsp3) is 0.238. The van der Waals surface area contributed by atoms with Crippen LogP contribution >= 0.6 is 0 Å². The van der Waals surface area contributed by atoms with Gasteiger partial charge in [-0.15, -0.1) is 0 Å². The minimum atomic E-state index is -1.42. The van der Waals surface area contributed by atoms with Crippen LogP contribution in [0.2, 0.25) is 0 Å². The minimum Gasteiger partial charge on any atom is -0.326 e. The number of benzene rings is 2. The Balaban J connectivity index is 1.69. The van der Waals surface area contributed by atoms with E-state index in [9.17, 15) is 19.2 Å². The van der Waals surface area contributed by atoms with Crippen LogP contribution < -0.4 is 15.5 Å². The smallest absolute Gasteiger partial charge is 0.271 e. The molecular weight excluding hydrogens is 372 g/mol. The van der Waals surface area contributed by atoms with E-state index in [2.05, 4.69) is 10.6 Å². The lowest BCUT2D eigenvalue weighted by Crippen LogP contribution is -2.68. The Labute approximate surface area is 167 Å². The monoisotopic (exact) mass is 392 g/mol. The lowest BCUT2D eigenvalue weighted by molar-refractivity contribution is -0.128. The normalized spacial score (nSPS) is 20.2. The predicted molar refractivity (Wildman–Crippen MR) is 107 cm³/mol. The summed E-state index contributed by atoms with van der Waals surface area (Å²) >= 11 is 0. The third kappa shape index (κ3) is 2.84. The number of para-hydroxylation sites is 1. The number of amides is 4. The maximum atomic E-state index is 13.4. The van der Waals surface area contributed by atoms with Gasteiger partial charge < -0.3 is 15.5 Å². The number of fused-ring (bicyclic) bond motifs is 3. The zero-order chi connectivity index (χ0) is 20.8. The van der Waals surface area contributed by atoms with E-state index in [0.29, 0.717) is 22.6 Å². The third-order valence-corrected chi connectivity index (χ3v) is 5.37. The zero-order valence-corrected chi connectivity index (χ0v) is 16.1. The summed E-state index contributed by atoms with van der Waals surface area (Å²) < 4.78 is 0. The minimum absolute atomic E-state index is 0.168. The Morgan fingerprint density at radius 1 is 0.966 bits per heavy atom. The molecule has 8 heteroatoms. The van der Waals surface area contributed by atoms with Gasteiger partial charge in [0.25, 0.3) is 11.8 Å². The molecule has 1 unspecified atom stereocenters. The molecule has 1 saturated heterocycles. The van der Waals surface area contributed by atoms with Crippen LogP contribution in [0, 0.1) is 0 Å². The molecule has 0 saturated carbocycles. The lowest BCUT2D eigenvalue weighted by atomic mass is 9.96. The van der Waals surface area contributed by atoms with Crippen LogP contribution in [0.25, 0.3) is 0 Å². The van der Waals surface area contributed by atoms with Gasteiger partial charge in [-0.3, -0.25) is 24.1 Å². The van der Waals surface area contributed by atoms with Crippen molar-refractivity contribution in [2.75, 3.05) is 22.6 Å². The van der Waals surface area contributed by atoms with E-state index < -0.39 is 11.6 Å². The van der Waals surface area contributed by atoms with E-state index >= 15 is 0 Å². The average molecular weight is 392 g/mol. The summed E-state index contributed by atoms with van der Waals surface area (Å²) in [5.74, 6) is -1.15. The van der Waals surface area contributed by atoms with Gasteiger partial charge in [-0.25, -0.2) is 0 Å². The van der Waals surface area contributed by atoms with Crippen molar-refractivity contribution >= 4 is 40.7 Å². The number of carbonyl (C=O) groups is 4. The number of hydrogen-bond acceptors (Lipinski definition) is 4. The molecule has 0 aliphatic carbocycles. The molecule has 2 heterocycles. The van der Waals surface area contributed by atoms with E-state index in [-0.39, 0.29) is 30.6 Å². The number of likely N-dealkylation sites (N-methyl/N-ethyl adjacent to an activating group) is 1. The van der Waals surface area contributed by atoms with Crippen molar-refractivity contribution in [2.24, 2.45) is 0 Å². The van der Waals surface area contributed by atoms with Gasteiger partial charge in [0.2, 0.25) is 17.5 Å². The summed E-state index contributed by atoms with van der Waals surface area (Å²) in [4.78, 5) is 53.0. The van der Waals surface area contributed by atoms with Crippen molar-refractivity contribution < 1.29 is 19.2 Å². The number of hydrogen-bond donors (Lipinski definition) is 2. The molecular formula is C21H20N4O4. The molecule has 2 aromatic carbocycles. The highest BCUT2D eigenvalue weighted by Crippen LogP contribution is 2.44.